The molecule has 1 amide bonds. The Kier molecular flexibility index (Phi) is 7.80. The average Bonchev–Trinajstić information content (AvgIpc) is 2.86. The van der Waals surface area contributed by atoms with Crippen LogP contribution in [0.25, 0.3) is 0 Å². The van der Waals surface area contributed by atoms with Crippen molar-refractivity contribution < 1.29 is 23.1 Å². The number of aliphatic carboxylic acids is 1. The van der Waals surface area contributed by atoms with Crippen LogP contribution in [-0.4, -0.2) is 43.3 Å². The van der Waals surface area contributed by atoms with Gasteiger partial charge in [0.2, 0.25) is 5.91 Å². The average molecular weight is 571 g/mol. The van der Waals surface area contributed by atoms with Crippen molar-refractivity contribution in [3.8, 4) is 0 Å². The Morgan fingerprint density at radius 1 is 0.889 bits per heavy atom. The summed E-state index contributed by atoms with van der Waals surface area (Å²) in [6.45, 7) is -0.0429. The molecule has 0 aliphatic carbocycles. The molecule has 0 unspecified atom stereocenters. The molecule has 4 rings (SSSR count). The summed E-state index contributed by atoms with van der Waals surface area (Å²) in [5.74, 6) is -2.23. The van der Waals surface area contributed by atoms with Crippen molar-refractivity contribution in [1.82, 2.24) is 4.31 Å². The second-order valence-electron chi connectivity index (χ2n) is 8.66. The molecule has 1 aliphatic rings. The number of hydrogen-bond acceptors (Lipinski definition) is 5. The fraction of sp³-hybridized carbons (Fsp3) is 0.259. The lowest BCUT2D eigenvalue weighted by Gasteiger charge is -2.36. The highest BCUT2D eigenvalue weighted by molar-refractivity contribution is 9.10. The zero-order valence-electron chi connectivity index (χ0n) is 19.8. The van der Waals surface area contributed by atoms with E-state index in [2.05, 4.69) is 15.9 Å². The molecule has 0 aromatic heterocycles. The lowest BCUT2D eigenvalue weighted by Crippen LogP contribution is -2.42. The number of nitrogens with zero attached hydrogens (tertiary/aromatic N) is 2. The van der Waals surface area contributed by atoms with Gasteiger partial charge in [-0.25, -0.2) is 12.7 Å². The second-order valence-corrected chi connectivity index (χ2v) is 11.3. The first kappa shape index (κ1) is 25.9. The van der Waals surface area contributed by atoms with Gasteiger partial charge in [0.25, 0.3) is 10.0 Å². The van der Waals surface area contributed by atoms with Crippen molar-refractivity contribution in [1.29, 1.82) is 0 Å². The maximum Gasteiger partial charge on any atom is 0.303 e. The topological polar surface area (TPSA) is 95.0 Å². The summed E-state index contributed by atoms with van der Waals surface area (Å²) in [4.78, 5) is 27.2. The predicted molar refractivity (Wildman–Crippen MR) is 142 cm³/mol. The summed E-state index contributed by atoms with van der Waals surface area (Å²) in [5, 5.41) is 8.93. The second kappa shape index (κ2) is 10.8. The maximum absolute atomic E-state index is 14.3. The van der Waals surface area contributed by atoms with E-state index in [0.29, 0.717) is 23.7 Å². The molecule has 1 heterocycles. The third-order valence-electron chi connectivity index (χ3n) is 6.37. The summed E-state index contributed by atoms with van der Waals surface area (Å²) in [6.07, 6.45) is 1.26. The Bertz CT molecular complexity index is 1340. The van der Waals surface area contributed by atoms with Crippen molar-refractivity contribution in [2.75, 3.05) is 18.5 Å². The van der Waals surface area contributed by atoms with E-state index < -0.39 is 27.8 Å². The zero-order valence-corrected chi connectivity index (χ0v) is 22.2. The predicted octanol–water partition coefficient (Wildman–Crippen LogP) is 5.52. The van der Waals surface area contributed by atoms with Gasteiger partial charge in [-0.05, 0) is 64.2 Å². The van der Waals surface area contributed by atoms with E-state index in [1.54, 1.807) is 18.2 Å². The molecular formula is C27H27BrN2O5S. The standard InChI is InChI=1S/C27H27BrN2O5S/c1-29-22-14-7-4-11-19(22)26(20-12-5-8-15-23(20)29)27(33)30(18-10-2-3-17-25(31)32)36(34,35)24-16-9-6-13-21(24)28/h4-9,11-16,26H,2-3,10,17-18H2,1H3,(H,31,32). The van der Waals surface area contributed by atoms with Crippen molar-refractivity contribution >= 4 is 49.2 Å². The van der Waals surface area contributed by atoms with Crippen LogP contribution in [0.2, 0.25) is 0 Å². The van der Waals surface area contributed by atoms with Gasteiger partial charge in [-0.15, -0.1) is 0 Å². The number of anilines is 2. The highest BCUT2D eigenvalue weighted by Gasteiger charge is 2.40. The Balaban J connectivity index is 1.77. The van der Waals surface area contributed by atoms with Crippen LogP contribution in [0.1, 0.15) is 42.7 Å². The quantitative estimate of drug-likeness (QED) is 0.340. The van der Waals surface area contributed by atoms with Crippen LogP contribution in [0.5, 0.6) is 0 Å². The molecule has 0 fully saturated rings. The molecule has 0 atom stereocenters. The SMILES string of the molecule is CN1c2ccccc2C(C(=O)N(CCCCCC(=O)O)S(=O)(=O)c2ccccc2Br)c2ccccc21. The first-order chi connectivity index (χ1) is 17.2. The van der Waals surface area contributed by atoms with E-state index in [1.165, 1.54) is 6.07 Å². The Hall–Kier alpha value is -3.17. The molecule has 1 N–H and O–H groups in total. The van der Waals surface area contributed by atoms with Crippen molar-refractivity contribution in [3.63, 3.8) is 0 Å². The van der Waals surface area contributed by atoms with E-state index in [1.807, 2.05) is 60.5 Å². The third-order valence-corrected chi connectivity index (χ3v) is 9.18. The lowest BCUT2D eigenvalue weighted by molar-refractivity contribution is -0.137. The summed E-state index contributed by atoms with van der Waals surface area (Å²) in [5.41, 5.74) is 3.16. The molecule has 7 nitrogen and oxygen atoms in total. The normalized spacial score (nSPS) is 13.1. The molecule has 0 saturated carbocycles. The number of benzene rings is 3. The number of carboxylic acid groups (broad SMARTS) is 1. The van der Waals surface area contributed by atoms with Crippen LogP contribution >= 0.6 is 15.9 Å². The maximum atomic E-state index is 14.3. The number of hydrogen-bond donors (Lipinski definition) is 1. The minimum atomic E-state index is -4.20. The molecule has 9 heteroatoms. The number of sulfonamides is 1. The number of carbonyl (C=O) groups is 2. The molecule has 188 valence electrons. The van der Waals surface area contributed by atoms with Gasteiger partial charge in [0.15, 0.2) is 0 Å². The molecule has 3 aromatic carbocycles. The van der Waals surface area contributed by atoms with Gasteiger partial charge in [-0.3, -0.25) is 9.59 Å². The smallest absolute Gasteiger partial charge is 0.303 e. The molecule has 36 heavy (non-hydrogen) atoms. The number of carbonyl (C=O) groups excluding carboxylic acids is 1. The van der Waals surface area contributed by atoms with Gasteiger partial charge in [-0.2, -0.15) is 0 Å². The number of fused-ring (bicyclic) bond motifs is 2. The van der Waals surface area contributed by atoms with E-state index in [0.717, 1.165) is 26.8 Å². The van der Waals surface area contributed by atoms with Crippen LogP contribution in [0.3, 0.4) is 0 Å². The number of unbranched alkanes of at least 4 members (excludes halogenated alkanes) is 2. The number of carboxylic acids is 1. The van der Waals surface area contributed by atoms with Crippen LogP contribution in [0, 0.1) is 0 Å². The Morgan fingerprint density at radius 2 is 1.44 bits per heavy atom. The molecule has 0 bridgehead atoms. The Labute approximate surface area is 219 Å². The van der Waals surface area contributed by atoms with Gasteiger partial charge in [-0.1, -0.05) is 55.0 Å². The van der Waals surface area contributed by atoms with Crippen LogP contribution in [0.15, 0.2) is 82.2 Å². The first-order valence-corrected chi connectivity index (χ1v) is 13.9. The highest BCUT2D eigenvalue weighted by atomic mass is 79.9. The zero-order chi connectivity index (χ0) is 25.9. The molecule has 3 aromatic rings. The largest absolute Gasteiger partial charge is 0.481 e. The van der Waals surface area contributed by atoms with E-state index >= 15 is 0 Å². The van der Waals surface area contributed by atoms with Crippen molar-refractivity contribution in [3.05, 3.63) is 88.4 Å². The fourth-order valence-corrected chi connectivity index (χ4v) is 7.02. The minimum absolute atomic E-state index is 0.000635. The van der Waals surface area contributed by atoms with Gasteiger partial charge in [0, 0.05) is 35.9 Å². The number of rotatable bonds is 9. The summed E-state index contributed by atoms with van der Waals surface area (Å²) < 4.78 is 29.1. The highest BCUT2D eigenvalue weighted by Crippen LogP contribution is 2.45. The monoisotopic (exact) mass is 570 g/mol. The lowest BCUT2D eigenvalue weighted by atomic mass is 9.84. The van der Waals surface area contributed by atoms with Crippen molar-refractivity contribution in [2.24, 2.45) is 0 Å². The molecule has 0 spiro atoms. The van der Waals surface area contributed by atoms with Crippen LogP contribution in [-0.2, 0) is 19.6 Å². The fourth-order valence-electron chi connectivity index (χ4n) is 4.61. The van der Waals surface area contributed by atoms with E-state index in [4.69, 9.17) is 5.11 Å². The molecular weight excluding hydrogens is 544 g/mol. The first-order valence-electron chi connectivity index (χ1n) is 11.7. The number of halogens is 1. The van der Waals surface area contributed by atoms with Gasteiger partial charge in [0.05, 0.1) is 5.92 Å². The number of amides is 1. The van der Waals surface area contributed by atoms with E-state index in [-0.39, 0.29) is 17.9 Å². The Morgan fingerprint density at radius 3 is 2.03 bits per heavy atom. The van der Waals surface area contributed by atoms with E-state index in [9.17, 15) is 18.0 Å². The number of para-hydroxylation sites is 2. The van der Waals surface area contributed by atoms with Crippen LogP contribution < -0.4 is 4.90 Å². The summed E-state index contributed by atoms with van der Waals surface area (Å²) >= 11 is 3.32. The summed E-state index contributed by atoms with van der Waals surface area (Å²) in [7, 11) is -2.27. The molecule has 1 aliphatic heterocycles. The molecule has 0 saturated heterocycles. The molecule has 0 radical (unpaired) electrons. The minimum Gasteiger partial charge on any atom is -0.481 e. The van der Waals surface area contributed by atoms with Gasteiger partial charge < -0.3 is 10.0 Å². The summed E-state index contributed by atoms with van der Waals surface area (Å²) in [6, 6.07) is 21.5. The van der Waals surface area contributed by atoms with Crippen LogP contribution in [0.4, 0.5) is 11.4 Å². The van der Waals surface area contributed by atoms with Gasteiger partial charge >= 0.3 is 5.97 Å². The van der Waals surface area contributed by atoms with Crippen molar-refractivity contribution in [2.45, 2.75) is 36.5 Å². The third kappa shape index (κ3) is 5.03. The van der Waals surface area contributed by atoms with Gasteiger partial charge in [0.1, 0.15) is 4.90 Å².